The summed E-state index contributed by atoms with van der Waals surface area (Å²) in [6, 6.07) is 0. The molecule has 68 valence electrons. The maximum absolute atomic E-state index is 9.34. The van der Waals surface area contributed by atoms with E-state index in [2.05, 4.69) is 0 Å². The van der Waals surface area contributed by atoms with Gasteiger partial charge in [0.25, 0.3) is 0 Å². The quantitative estimate of drug-likeness (QED) is 0.287. The first kappa shape index (κ1) is 36.0. The number of aliphatic hydroxyl groups excluding tert-OH is 1. The van der Waals surface area contributed by atoms with Crippen LogP contribution in [0.2, 0.25) is 0 Å². The van der Waals surface area contributed by atoms with E-state index in [1.165, 1.54) is 0 Å². The maximum atomic E-state index is 9.34. The van der Waals surface area contributed by atoms with E-state index in [1.807, 2.05) is 0 Å². The van der Waals surface area contributed by atoms with E-state index in [4.69, 9.17) is 22.6 Å². The van der Waals surface area contributed by atoms with Gasteiger partial charge >= 0.3 is 81.6 Å². The van der Waals surface area contributed by atoms with Gasteiger partial charge in [-0.2, -0.15) is 0 Å². The van der Waals surface area contributed by atoms with Gasteiger partial charge < -0.3 is 24.1 Å². The fourth-order valence-electron chi connectivity index (χ4n) is 0. The molecule has 0 fully saturated rings. The van der Waals surface area contributed by atoms with Crippen molar-refractivity contribution >= 4 is 68.5 Å². The predicted octanol–water partition coefficient (Wildman–Crippen LogP) is -7.36. The van der Waals surface area contributed by atoms with E-state index in [0.717, 1.165) is 6.92 Å². The summed E-state index contributed by atoms with van der Waals surface area (Å²) in [6.07, 6.45) is -1.34. The molecule has 0 saturated heterocycles. The summed E-state index contributed by atoms with van der Waals surface area (Å²) in [7, 11) is -5.17. The topological polar surface area (TPSA) is 141 Å². The van der Waals surface area contributed by atoms with E-state index in [1.54, 1.807) is 0 Å². The summed E-state index contributed by atoms with van der Waals surface area (Å²) in [5, 5.41) is 17.3. The first-order chi connectivity index (χ1) is 4.64. The van der Waals surface area contributed by atoms with Crippen LogP contribution in [0.4, 0.5) is 0 Å². The van der Waals surface area contributed by atoms with Crippen molar-refractivity contribution in [1.82, 2.24) is 0 Å². The molecule has 7 nitrogen and oxygen atoms in total. The number of aliphatic hydroxyl groups is 1. The Labute approximate surface area is 142 Å². The van der Waals surface area contributed by atoms with Crippen molar-refractivity contribution in [2.75, 3.05) is 0 Å². The Bertz CT molecular complexity index is 210. The van der Waals surface area contributed by atoms with Crippen molar-refractivity contribution in [3.8, 4) is 0 Å². The van der Waals surface area contributed by atoms with Gasteiger partial charge in [0.2, 0.25) is 0 Å². The van der Waals surface area contributed by atoms with Crippen LogP contribution in [0.3, 0.4) is 0 Å². The number of rotatable bonds is 1. The molecule has 0 aromatic heterocycles. The van der Waals surface area contributed by atoms with E-state index in [9.17, 15) is 9.90 Å². The molecule has 0 saturated carbocycles. The maximum Gasteiger partial charge on any atom is 3.00 e. The average molecular weight is 289 g/mol. The Balaban J connectivity index is -0.0000000215. The fraction of sp³-hybridized carbons (Fsp3) is 0.667. The average Bonchev–Trinajstić information content (AvgIpc) is 1.59. The zero-order valence-electron chi connectivity index (χ0n) is 8.11. The summed E-state index contributed by atoms with van der Waals surface area (Å²) in [6.45, 7) is 1.13. The Kier molecular flexibility index (Phi) is 43.8. The molecule has 0 amide bonds. The third kappa shape index (κ3) is 88.3. The molecule has 0 aromatic rings. The first-order valence-electron chi connectivity index (χ1n) is 2.20. The molecular formula is C3H5Al3NaO7S+7. The van der Waals surface area contributed by atoms with Crippen molar-refractivity contribution in [2.45, 2.75) is 13.0 Å². The van der Waals surface area contributed by atoms with Gasteiger partial charge in [-0.3, -0.25) is 8.42 Å². The van der Waals surface area contributed by atoms with Crippen molar-refractivity contribution < 1.29 is 62.1 Å². The number of aliphatic carboxylic acids is 1. The van der Waals surface area contributed by atoms with E-state index in [0.29, 0.717) is 0 Å². The van der Waals surface area contributed by atoms with Crippen molar-refractivity contribution in [3.63, 3.8) is 0 Å². The van der Waals surface area contributed by atoms with Crippen LogP contribution in [0.5, 0.6) is 0 Å². The van der Waals surface area contributed by atoms with Gasteiger partial charge in [-0.25, -0.2) is 0 Å². The van der Waals surface area contributed by atoms with Gasteiger partial charge in [0.15, 0.2) is 0 Å². The largest absolute Gasteiger partial charge is 3.00 e. The van der Waals surface area contributed by atoms with Crippen LogP contribution in [0.15, 0.2) is 0 Å². The molecule has 1 atom stereocenters. The minimum absolute atomic E-state index is 0. The van der Waals surface area contributed by atoms with E-state index >= 15 is 0 Å². The van der Waals surface area contributed by atoms with Gasteiger partial charge in [-0.1, -0.05) is 0 Å². The smallest absolute Gasteiger partial charge is 0.759 e. The van der Waals surface area contributed by atoms with Gasteiger partial charge in [0.1, 0.15) is 0 Å². The number of carbonyl (C=O) groups is 1. The minimum atomic E-state index is -5.17. The number of hydrogen-bond acceptors (Lipinski definition) is 7. The minimum Gasteiger partial charge on any atom is -0.759 e. The summed E-state index contributed by atoms with van der Waals surface area (Å²) in [5.41, 5.74) is 0. The Morgan fingerprint density at radius 3 is 1.27 bits per heavy atom. The zero-order valence-corrected chi connectivity index (χ0v) is 14.4. The van der Waals surface area contributed by atoms with Crippen LogP contribution in [-0.4, -0.2) is 86.8 Å². The Morgan fingerprint density at radius 1 is 1.20 bits per heavy atom. The molecule has 0 aliphatic rings. The summed E-state index contributed by atoms with van der Waals surface area (Å²) in [5.74, 6) is -1.44. The molecule has 0 spiro atoms. The molecule has 0 rings (SSSR count). The Morgan fingerprint density at radius 2 is 1.27 bits per heavy atom. The first-order valence-corrected chi connectivity index (χ1v) is 3.53. The normalized spacial score (nSPS) is 9.33. The molecule has 0 aliphatic heterocycles. The van der Waals surface area contributed by atoms with Crippen LogP contribution in [-0.2, 0) is 15.2 Å². The summed E-state index contributed by atoms with van der Waals surface area (Å²) < 4.78 is 34.1. The molecule has 0 heterocycles. The van der Waals surface area contributed by atoms with E-state index in [-0.39, 0.29) is 81.6 Å². The fourth-order valence-corrected chi connectivity index (χ4v) is 0. The molecule has 15 heavy (non-hydrogen) atoms. The Hall–Kier alpha value is 1.90. The third-order valence-electron chi connectivity index (χ3n) is 0.341. The van der Waals surface area contributed by atoms with Gasteiger partial charge in [-0.05, 0) is 6.92 Å². The second-order valence-electron chi connectivity index (χ2n) is 1.40. The SMILES string of the molecule is CC(O)C(=O)[O-].O=S(=O)([O-])[O-].[Al+3].[Al+3].[Al+3].[Na+]. The van der Waals surface area contributed by atoms with Gasteiger partial charge in [0.05, 0.1) is 12.1 Å². The van der Waals surface area contributed by atoms with Crippen LogP contribution >= 0.6 is 0 Å². The second-order valence-corrected chi connectivity index (χ2v) is 2.22. The monoisotopic (exact) mass is 289 g/mol. The van der Waals surface area contributed by atoms with Crippen molar-refractivity contribution in [1.29, 1.82) is 0 Å². The number of carboxylic acid groups (broad SMARTS) is 1. The summed E-state index contributed by atoms with van der Waals surface area (Å²) in [4.78, 5) is 9.34. The van der Waals surface area contributed by atoms with Crippen molar-refractivity contribution in [3.05, 3.63) is 0 Å². The second kappa shape index (κ2) is 18.3. The number of carboxylic acids is 1. The molecule has 0 aromatic carbocycles. The van der Waals surface area contributed by atoms with Crippen molar-refractivity contribution in [2.24, 2.45) is 0 Å². The number of hydrogen-bond donors (Lipinski definition) is 1. The standard InChI is InChI=1S/C3H6O3.3Al.Na.H2O4S/c1-2(4)3(5)6;;;;;1-5(2,3)4/h2,4H,1H3,(H,5,6);;;;;(H2,1,2,3,4)/q;3*+3;+1;/p-3. The van der Waals surface area contributed by atoms with Gasteiger partial charge in [0, 0.05) is 10.4 Å². The predicted molar refractivity (Wildman–Crippen MR) is 44.4 cm³/mol. The zero-order chi connectivity index (χ0) is 9.65. The molecule has 1 unspecified atom stereocenters. The summed E-state index contributed by atoms with van der Waals surface area (Å²) >= 11 is 0. The van der Waals surface area contributed by atoms with Crippen LogP contribution in [0.1, 0.15) is 6.92 Å². The van der Waals surface area contributed by atoms with E-state index < -0.39 is 22.5 Å². The molecule has 12 heteroatoms. The van der Waals surface area contributed by atoms with Gasteiger partial charge in [-0.15, -0.1) is 0 Å². The van der Waals surface area contributed by atoms with Crippen LogP contribution in [0.25, 0.3) is 0 Å². The molecule has 0 aliphatic carbocycles. The third-order valence-corrected chi connectivity index (χ3v) is 0.341. The number of carbonyl (C=O) groups excluding carboxylic acids is 1. The van der Waals surface area contributed by atoms with Crippen LogP contribution in [0, 0.1) is 0 Å². The molecule has 0 bridgehead atoms. The molecular weight excluding hydrogens is 284 g/mol. The molecule has 0 radical (unpaired) electrons. The van der Waals surface area contributed by atoms with Crippen LogP contribution < -0.4 is 34.7 Å². The molecule has 1 N–H and O–H groups in total.